The van der Waals surface area contributed by atoms with Crippen molar-refractivity contribution in [1.82, 2.24) is 9.78 Å². The lowest BCUT2D eigenvalue weighted by Gasteiger charge is -2.32. The maximum Gasteiger partial charge on any atom is 0.341 e. The summed E-state index contributed by atoms with van der Waals surface area (Å²) < 4.78 is 15.0. The number of hydrogen-bond donors (Lipinski definition) is 1. The highest BCUT2D eigenvalue weighted by Gasteiger charge is 2.34. The molecule has 0 atom stereocenters. The van der Waals surface area contributed by atoms with Crippen LogP contribution in [0.15, 0.2) is 24.4 Å². The van der Waals surface area contributed by atoms with Crippen molar-refractivity contribution in [1.29, 1.82) is 0 Å². The Balaban J connectivity index is 2.02. The molecule has 1 amide bonds. The van der Waals surface area contributed by atoms with E-state index >= 15 is 0 Å². The first kappa shape index (κ1) is 21.3. The Bertz CT molecular complexity index is 900. The first-order valence-corrected chi connectivity index (χ1v) is 10.2. The van der Waals surface area contributed by atoms with Crippen LogP contribution < -0.4 is 4.90 Å². The van der Waals surface area contributed by atoms with E-state index in [1.54, 1.807) is 0 Å². The van der Waals surface area contributed by atoms with Crippen LogP contribution in [-0.4, -0.2) is 32.8 Å². The zero-order chi connectivity index (χ0) is 21.3. The van der Waals surface area contributed by atoms with Gasteiger partial charge in [0.15, 0.2) is 5.82 Å². The molecular formula is C21H25ClFN3O3. The van der Waals surface area contributed by atoms with Gasteiger partial charge in [-0.05, 0) is 63.6 Å². The number of nitrogens with zero attached hydrogens (tertiary/aromatic N) is 3. The molecule has 1 aliphatic rings. The van der Waals surface area contributed by atoms with Gasteiger partial charge in [0.05, 0.1) is 5.69 Å². The largest absolute Gasteiger partial charge is 0.477 e. The van der Waals surface area contributed by atoms with Crippen LogP contribution >= 0.6 is 11.6 Å². The van der Waals surface area contributed by atoms with Gasteiger partial charge in [0.25, 0.3) is 0 Å². The number of aromatic carboxylic acids is 1. The summed E-state index contributed by atoms with van der Waals surface area (Å²) in [6, 6.07) is 3.57. The Morgan fingerprint density at radius 1 is 1.24 bits per heavy atom. The highest BCUT2D eigenvalue weighted by Crippen LogP contribution is 2.33. The molecule has 0 aliphatic heterocycles. The van der Waals surface area contributed by atoms with Crippen molar-refractivity contribution in [3.8, 4) is 5.69 Å². The molecule has 1 heterocycles. The molecule has 0 radical (unpaired) electrons. The molecule has 1 aromatic heterocycles. The molecule has 2 aromatic rings. The number of carbonyl (C=O) groups is 2. The number of carbonyl (C=O) groups excluding carboxylic acids is 1. The van der Waals surface area contributed by atoms with Crippen LogP contribution in [0.5, 0.6) is 0 Å². The summed E-state index contributed by atoms with van der Waals surface area (Å²) in [6.45, 7) is 5.83. The van der Waals surface area contributed by atoms with Crippen molar-refractivity contribution >= 4 is 29.3 Å². The van der Waals surface area contributed by atoms with Crippen molar-refractivity contribution in [2.24, 2.45) is 11.8 Å². The molecule has 3 rings (SSSR count). The second kappa shape index (κ2) is 8.53. The van der Waals surface area contributed by atoms with Crippen LogP contribution in [0.4, 0.5) is 10.2 Å². The van der Waals surface area contributed by atoms with Crippen LogP contribution in [0.3, 0.4) is 0 Å². The van der Waals surface area contributed by atoms with Gasteiger partial charge in [0, 0.05) is 23.2 Å². The first-order valence-electron chi connectivity index (χ1n) is 9.80. The van der Waals surface area contributed by atoms with Gasteiger partial charge in [-0.2, -0.15) is 0 Å². The van der Waals surface area contributed by atoms with E-state index in [4.69, 9.17) is 11.6 Å². The Labute approximate surface area is 174 Å². The number of hydrogen-bond acceptors (Lipinski definition) is 3. The zero-order valence-electron chi connectivity index (χ0n) is 16.7. The Kier molecular flexibility index (Phi) is 6.27. The molecule has 1 fully saturated rings. The normalized spacial score (nSPS) is 19.4. The molecule has 156 valence electrons. The average Bonchev–Trinajstić information content (AvgIpc) is 3.06. The van der Waals surface area contributed by atoms with Crippen molar-refractivity contribution < 1.29 is 19.1 Å². The minimum Gasteiger partial charge on any atom is -0.477 e. The van der Waals surface area contributed by atoms with E-state index in [2.05, 4.69) is 12.0 Å². The summed E-state index contributed by atoms with van der Waals surface area (Å²) in [6.07, 6.45) is 4.81. The third kappa shape index (κ3) is 4.61. The number of carboxylic acids is 1. The smallest absolute Gasteiger partial charge is 0.341 e. The summed E-state index contributed by atoms with van der Waals surface area (Å²) in [4.78, 5) is 26.6. The van der Waals surface area contributed by atoms with E-state index in [1.165, 1.54) is 27.9 Å². The molecule has 0 spiro atoms. The minimum absolute atomic E-state index is 0.0662. The fraction of sp³-hybridized carbons (Fsp3) is 0.476. The van der Waals surface area contributed by atoms with Gasteiger partial charge >= 0.3 is 5.97 Å². The highest BCUT2D eigenvalue weighted by molar-refractivity contribution is 6.30. The van der Waals surface area contributed by atoms with Gasteiger partial charge in [-0.1, -0.05) is 18.5 Å². The van der Waals surface area contributed by atoms with Gasteiger partial charge in [-0.15, -0.1) is 5.10 Å². The molecule has 29 heavy (non-hydrogen) atoms. The van der Waals surface area contributed by atoms with Crippen LogP contribution in [-0.2, 0) is 4.79 Å². The maximum absolute atomic E-state index is 13.8. The monoisotopic (exact) mass is 421 g/mol. The van der Waals surface area contributed by atoms with Crippen molar-refractivity contribution in [2.45, 2.75) is 52.5 Å². The topological polar surface area (TPSA) is 75.4 Å². The number of aromatic nitrogens is 2. The molecule has 6 nitrogen and oxygen atoms in total. The van der Waals surface area contributed by atoms with Gasteiger partial charge in [-0.25, -0.2) is 13.9 Å². The zero-order valence-corrected chi connectivity index (χ0v) is 17.5. The third-order valence-electron chi connectivity index (χ3n) is 5.38. The first-order chi connectivity index (χ1) is 13.7. The summed E-state index contributed by atoms with van der Waals surface area (Å²) in [5, 5.41) is 14.2. The standard InChI is InChI=1S/C21H25ClFN3O3/c1-12(2)26(20(27)14-6-4-13(3)5-7-14)19-18(21(28)29)11-25(24-19)17-9-15(22)8-16(23)10-17/h8-14H,4-7H2,1-3H3,(H,28,29)/t13-,14-. The highest BCUT2D eigenvalue weighted by atomic mass is 35.5. The maximum atomic E-state index is 13.8. The summed E-state index contributed by atoms with van der Waals surface area (Å²) in [7, 11) is 0. The molecular weight excluding hydrogens is 397 g/mol. The average molecular weight is 422 g/mol. The lowest BCUT2D eigenvalue weighted by Crippen LogP contribution is -2.43. The van der Waals surface area contributed by atoms with E-state index in [0.29, 0.717) is 5.92 Å². The SMILES string of the molecule is CC(C)N(c1nn(-c2cc(F)cc(Cl)c2)cc1C(=O)O)C(=O)[C@H]1CC[C@H](C)CC1. The van der Waals surface area contributed by atoms with Gasteiger partial charge in [-0.3, -0.25) is 9.69 Å². The van der Waals surface area contributed by atoms with E-state index in [0.717, 1.165) is 31.7 Å². The predicted octanol–water partition coefficient (Wildman–Crippen LogP) is 4.93. The number of benzene rings is 1. The molecule has 0 saturated heterocycles. The summed E-state index contributed by atoms with van der Waals surface area (Å²) in [5.41, 5.74) is 0.169. The van der Waals surface area contributed by atoms with Crippen LogP contribution in [0.1, 0.15) is 56.8 Å². The Morgan fingerprint density at radius 2 is 1.90 bits per heavy atom. The molecule has 1 aliphatic carbocycles. The number of anilines is 1. The predicted molar refractivity (Wildman–Crippen MR) is 109 cm³/mol. The van der Waals surface area contributed by atoms with E-state index in [9.17, 15) is 19.1 Å². The third-order valence-corrected chi connectivity index (χ3v) is 5.60. The molecule has 8 heteroatoms. The van der Waals surface area contributed by atoms with Crippen LogP contribution in [0.25, 0.3) is 5.69 Å². The number of rotatable bonds is 5. The van der Waals surface area contributed by atoms with Crippen molar-refractivity contribution in [3.63, 3.8) is 0 Å². The van der Waals surface area contributed by atoms with E-state index in [1.807, 2.05) is 13.8 Å². The fourth-order valence-corrected chi connectivity index (χ4v) is 4.02. The molecule has 0 unspecified atom stereocenters. The Morgan fingerprint density at radius 3 is 2.45 bits per heavy atom. The quantitative estimate of drug-likeness (QED) is 0.742. The second-order valence-electron chi connectivity index (χ2n) is 8.00. The van der Waals surface area contributed by atoms with E-state index < -0.39 is 11.8 Å². The lowest BCUT2D eigenvalue weighted by atomic mass is 9.82. The van der Waals surface area contributed by atoms with Crippen molar-refractivity contribution in [3.05, 3.63) is 40.8 Å². The number of halogens is 2. The van der Waals surface area contributed by atoms with Gasteiger partial charge in [0.2, 0.25) is 5.91 Å². The lowest BCUT2D eigenvalue weighted by molar-refractivity contribution is -0.123. The Hall–Kier alpha value is -2.41. The minimum atomic E-state index is -1.20. The van der Waals surface area contributed by atoms with Gasteiger partial charge < -0.3 is 5.11 Å². The van der Waals surface area contributed by atoms with Gasteiger partial charge in [0.1, 0.15) is 11.4 Å². The van der Waals surface area contributed by atoms with Crippen molar-refractivity contribution in [2.75, 3.05) is 4.90 Å². The second-order valence-corrected chi connectivity index (χ2v) is 8.44. The number of amides is 1. The molecule has 0 bridgehead atoms. The molecule has 1 aromatic carbocycles. The fourth-order valence-electron chi connectivity index (χ4n) is 3.80. The molecule has 1 N–H and O–H groups in total. The van der Waals surface area contributed by atoms with Crippen LogP contribution in [0.2, 0.25) is 5.02 Å². The molecule has 1 saturated carbocycles. The number of carboxylic acid groups (broad SMARTS) is 1. The summed E-state index contributed by atoms with van der Waals surface area (Å²) >= 11 is 5.92. The van der Waals surface area contributed by atoms with E-state index in [-0.39, 0.29) is 40.0 Å². The van der Waals surface area contributed by atoms with Crippen LogP contribution in [0, 0.1) is 17.7 Å². The summed E-state index contributed by atoms with van der Waals surface area (Å²) in [5.74, 6) is -1.37.